The van der Waals surface area contributed by atoms with Gasteiger partial charge in [-0.3, -0.25) is 9.59 Å². The Morgan fingerprint density at radius 1 is 0.950 bits per heavy atom. The highest BCUT2D eigenvalue weighted by molar-refractivity contribution is 5.70. The lowest BCUT2D eigenvalue weighted by molar-refractivity contribution is -0.146. The molecule has 0 aromatic heterocycles. The minimum Gasteiger partial charge on any atom is -0.466 e. The maximum absolute atomic E-state index is 11.4. The summed E-state index contributed by atoms with van der Waals surface area (Å²) in [6.07, 6.45) is 4.15. The van der Waals surface area contributed by atoms with Gasteiger partial charge in [0.25, 0.3) is 0 Å². The van der Waals surface area contributed by atoms with Gasteiger partial charge in [-0.15, -0.1) is 0 Å². The smallest absolute Gasteiger partial charge is 0.305 e. The van der Waals surface area contributed by atoms with E-state index in [4.69, 9.17) is 9.47 Å². The maximum atomic E-state index is 11.4. The minimum absolute atomic E-state index is 0.163. The zero-order chi connectivity index (χ0) is 15.4. The lowest BCUT2D eigenvalue weighted by atomic mass is 10.1. The Balaban J connectivity index is 3.45. The van der Waals surface area contributed by atoms with Crippen molar-refractivity contribution in [2.75, 3.05) is 13.2 Å². The molecular weight excluding hydrogens is 256 g/mol. The molecule has 20 heavy (non-hydrogen) atoms. The van der Waals surface area contributed by atoms with Crippen LogP contribution in [0.3, 0.4) is 0 Å². The quantitative estimate of drug-likeness (QED) is 0.429. The van der Waals surface area contributed by atoms with E-state index in [1.54, 1.807) is 0 Å². The molecule has 1 atom stereocenters. The number of ether oxygens (including phenoxy) is 2. The molecule has 4 nitrogen and oxygen atoms in total. The van der Waals surface area contributed by atoms with Crippen molar-refractivity contribution >= 4 is 11.9 Å². The van der Waals surface area contributed by atoms with Gasteiger partial charge in [-0.1, -0.05) is 34.1 Å². The summed E-state index contributed by atoms with van der Waals surface area (Å²) in [7, 11) is 0. The molecule has 0 aliphatic carbocycles. The van der Waals surface area contributed by atoms with Gasteiger partial charge in [0.1, 0.15) is 0 Å². The van der Waals surface area contributed by atoms with E-state index >= 15 is 0 Å². The zero-order valence-electron chi connectivity index (χ0n) is 13.4. The van der Waals surface area contributed by atoms with E-state index in [0.29, 0.717) is 50.7 Å². The van der Waals surface area contributed by atoms with E-state index in [-0.39, 0.29) is 11.9 Å². The minimum atomic E-state index is -0.177. The molecule has 0 radical (unpaired) electrons. The topological polar surface area (TPSA) is 52.6 Å². The van der Waals surface area contributed by atoms with Crippen LogP contribution in [0.2, 0.25) is 0 Å². The first-order valence-electron chi connectivity index (χ1n) is 7.76. The second kappa shape index (κ2) is 11.7. The molecule has 0 aromatic carbocycles. The third-order valence-electron chi connectivity index (χ3n) is 3.16. The fourth-order valence-electron chi connectivity index (χ4n) is 1.52. The van der Waals surface area contributed by atoms with Crippen molar-refractivity contribution in [3.63, 3.8) is 0 Å². The van der Waals surface area contributed by atoms with Crippen LogP contribution in [0.5, 0.6) is 0 Å². The van der Waals surface area contributed by atoms with Crippen LogP contribution >= 0.6 is 0 Å². The van der Waals surface area contributed by atoms with E-state index < -0.39 is 0 Å². The van der Waals surface area contributed by atoms with Crippen molar-refractivity contribution in [3.05, 3.63) is 0 Å². The SMILES string of the molecule is CCC(C)CCOC(=O)CCCCC(=O)OCC(C)C. The number of esters is 2. The predicted octanol–water partition coefficient (Wildman–Crippen LogP) is 3.73. The van der Waals surface area contributed by atoms with Gasteiger partial charge in [-0.2, -0.15) is 0 Å². The van der Waals surface area contributed by atoms with E-state index in [1.807, 2.05) is 13.8 Å². The molecule has 0 amide bonds. The molecule has 0 aromatic rings. The Morgan fingerprint density at radius 3 is 2.00 bits per heavy atom. The molecule has 4 heteroatoms. The van der Waals surface area contributed by atoms with E-state index in [0.717, 1.165) is 12.8 Å². The summed E-state index contributed by atoms with van der Waals surface area (Å²) in [5, 5.41) is 0. The fourth-order valence-corrected chi connectivity index (χ4v) is 1.52. The first kappa shape index (κ1) is 18.9. The number of carbonyl (C=O) groups excluding carboxylic acids is 2. The highest BCUT2D eigenvalue weighted by Gasteiger charge is 2.07. The standard InChI is InChI=1S/C16H30O4/c1-5-14(4)10-11-19-15(17)8-6-7-9-16(18)20-12-13(2)3/h13-14H,5-12H2,1-4H3. The van der Waals surface area contributed by atoms with Gasteiger partial charge in [-0.05, 0) is 31.1 Å². The summed E-state index contributed by atoms with van der Waals surface area (Å²) in [5.41, 5.74) is 0. The molecule has 0 saturated heterocycles. The molecule has 0 rings (SSSR count). The molecule has 0 spiro atoms. The third kappa shape index (κ3) is 12.0. The summed E-state index contributed by atoms with van der Waals surface area (Å²) in [6.45, 7) is 9.26. The average Bonchev–Trinajstić information content (AvgIpc) is 2.41. The largest absolute Gasteiger partial charge is 0.466 e. The maximum Gasteiger partial charge on any atom is 0.305 e. The number of unbranched alkanes of at least 4 members (excludes halogenated alkanes) is 1. The predicted molar refractivity (Wildman–Crippen MR) is 79.3 cm³/mol. The first-order valence-corrected chi connectivity index (χ1v) is 7.76. The molecule has 0 bridgehead atoms. The number of carbonyl (C=O) groups is 2. The first-order chi connectivity index (χ1) is 9.45. The van der Waals surface area contributed by atoms with Gasteiger partial charge in [0.15, 0.2) is 0 Å². The summed E-state index contributed by atoms with van der Waals surface area (Å²) in [5.74, 6) is 0.616. The van der Waals surface area contributed by atoms with Crippen molar-refractivity contribution in [1.29, 1.82) is 0 Å². The third-order valence-corrected chi connectivity index (χ3v) is 3.16. The van der Waals surface area contributed by atoms with Gasteiger partial charge in [0.05, 0.1) is 13.2 Å². The van der Waals surface area contributed by atoms with Crippen LogP contribution in [-0.4, -0.2) is 25.2 Å². The van der Waals surface area contributed by atoms with E-state index in [2.05, 4.69) is 13.8 Å². The highest BCUT2D eigenvalue weighted by Crippen LogP contribution is 2.08. The molecule has 0 saturated carbocycles. The Morgan fingerprint density at radius 2 is 1.50 bits per heavy atom. The average molecular weight is 286 g/mol. The monoisotopic (exact) mass is 286 g/mol. The Bertz CT molecular complexity index is 274. The van der Waals surface area contributed by atoms with Crippen molar-refractivity contribution in [3.8, 4) is 0 Å². The molecule has 0 fully saturated rings. The van der Waals surface area contributed by atoms with Crippen molar-refractivity contribution in [1.82, 2.24) is 0 Å². The molecule has 0 heterocycles. The van der Waals surface area contributed by atoms with Crippen LogP contribution in [0, 0.1) is 11.8 Å². The number of hydrogen-bond acceptors (Lipinski definition) is 4. The van der Waals surface area contributed by atoms with Gasteiger partial charge in [-0.25, -0.2) is 0 Å². The molecular formula is C16H30O4. The fraction of sp³-hybridized carbons (Fsp3) is 0.875. The van der Waals surface area contributed by atoms with Crippen molar-refractivity contribution < 1.29 is 19.1 Å². The van der Waals surface area contributed by atoms with Crippen LogP contribution in [0.1, 0.15) is 66.2 Å². The van der Waals surface area contributed by atoms with Crippen molar-refractivity contribution in [2.45, 2.75) is 66.2 Å². The molecule has 0 aliphatic heterocycles. The molecule has 118 valence electrons. The molecule has 1 unspecified atom stereocenters. The Hall–Kier alpha value is -1.06. The van der Waals surface area contributed by atoms with Crippen molar-refractivity contribution in [2.24, 2.45) is 11.8 Å². The molecule has 0 aliphatic rings. The van der Waals surface area contributed by atoms with Crippen LogP contribution in [-0.2, 0) is 19.1 Å². The summed E-state index contributed by atoms with van der Waals surface area (Å²) >= 11 is 0. The number of rotatable bonds is 11. The van der Waals surface area contributed by atoms with Crippen LogP contribution in [0.15, 0.2) is 0 Å². The van der Waals surface area contributed by atoms with Gasteiger partial charge in [0, 0.05) is 12.8 Å². The van der Waals surface area contributed by atoms with Gasteiger partial charge < -0.3 is 9.47 Å². The van der Waals surface area contributed by atoms with Crippen LogP contribution < -0.4 is 0 Å². The Labute approximate surface area is 123 Å². The van der Waals surface area contributed by atoms with E-state index in [9.17, 15) is 9.59 Å². The van der Waals surface area contributed by atoms with Crippen LogP contribution in [0.25, 0.3) is 0 Å². The lowest BCUT2D eigenvalue weighted by Crippen LogP contribution is -2.10. The molecule has 0 N–H and O–H groups in total. The van der Waals surface area contributed by atoms with Gasteiger partial charge in [0.2, 0.25) is 0 Å². The van der Waals surface area contributed by atoms with Crippen LogP contribution in [0.4, 0.5) is 0 Å². The highest BCUT2D eigenvalue weighted by atomic mass is 16.5. The Kier molecular flexibility index (Phi) is 11.1. The normalized spacial score (nSPS) is 12.2. The summed E-state index contributed by atoms with van der Waals surface area (Å²) in [6, 6.07) is 0. The second-order valence-corrected chi connectivity index (χ2v) is 5.81. The van der Waals surface area contributed by atoms with E-state index in [1.165, 1.54) is 0 Å². The lowest BCUT2D eigenvalue weighted by Gasteiger charge is -2.09. The summed E-state index contributed by atoms with van der Waals surface area (Å²) in [4.78, 5) is 22.8. The zero-order valence-corrected chi connectivity index (χ0v) is 13.4. The summed E-state index contributed by atoms with van der Waals surface area (Å²) < 4.78 is 10.2. The second-order valence-electron chi connectivity index (χ2n) is 5.81. The van der Waals surface area contributed by atoms with Gasteiger partial charge >= 0.3 is 11.9 Å². The number of hydrogen-bond donors (Lipinski definition) is 0.